The number of nitrogens with one attached hydrogen (secondary N) is 1. The van der Waals surface area contributed by atoms with Crippen molar-refractivity contribution in [2.75, 3.05) is 6.54 Å². The highest BCUT2D eigenvalue weighted by molar-refractivity contribution is 7.95. The molecule has 2 aliphatic rings. The summed E-state index contributed by atoms with van der Waals surface area (Å²) >= 11 is 0. The van der Waals surface area contributed by atoms with Crippen LogP contribution in [0.4, 0.5) is 0 Å². The average Bonchev–Trinajstić information content (AvgIpc) is 3.05. The Bertz CT molecular complexity index is 600. The summed E-state index contributed by atoms with van der Waals surface area (Å²) < 4.78 is 24.3. The van der Waals surface area contributed by atoms with Gasteiger partial charge in [-0.3, -0.25) is 0 Å². The van der Waals surface area contributed by atoms with Crippen molar-refractivity contribution in [3.8, 4) is 5.75 Å². The highest BCUT2D eigenvalue weighted by Gasteiger charge is 2.32. The molecular formula is C12H13NO3S. The number of aromatic hydroxyl groups is 1. The minimum Gasteiger partial charge on any atom is -0.507 e. The van der Waals surface area contributed by atoms with Crippen molar-refractivity contribution < 1.29 is 13.5 Å². The number of hydrogen-bond donors (Lipinski definition) is 2. The van der Waals surface area contributed by atoms with Crippen molar-refractivity contribution in [2.45, 2.75) is 23.8 Å². The van der Waals surface area contributed by atoms with E-state index in [0.29, 0.717) is 23.1 Å². The second-order valence-electron chi connectivity index (χ2n) is 4.46. The van der Waals surface area contributed by atoms with E-state index in [1.165, 1.54) is 12.1 Å². The summed E-state index contributed by atoms with van der Waals surface area (Å²) in [5.41, 5.74) is 0.417. The van der Waals surface area contributed by atoms with E-state index in [9.17, 15) is 13.5 Å². The zero-order valence-corrected chi connectivity index (χ0v) is 10.00. The zero-order chi connectivity index (χ0) is 12.0. The van der Waals surface area contributed by atoms with Crippen molar-refractivity contribution in [1.82, 2.24) is 5.32 Å². The van der Waals surface area contributed by atoms with Crippen LogP contribution >= 0.6 is 0 Å². The molecule has 1 aromatic rings. The monoisotopic (exact) mass is 251 g/mol. The fourth-order valence-electron chi connectivity index (χ4n) is 1.97. The van der Waals surface area contributed by atoms with Gasteiger partial charge in [-0.2, -0.15) is 0 Å². The first kappa shape index (κ1) is 10.8. The zero-order valence-electron chi connectivity index (χ0n) is 9.18. The van der Waals surface area contributed by atoms with Gasteiger partial charge in [0.05, 0.1) is 9.80 Å². The summed E-state index contributed by atoms with van der Waals surface area (Å²) in [6, 6.07) is 5.05. The fourth-order valence-corrected chi connectivity index (χ4v) is 3.51. The van der Waals surface area contributed by atoms with Crippen LogP contribution < -0.4 is 5.32 Å². The molecule has 2 N–H and O–H groups in total. The lowest BCUT2D eigenvalue weighted by Crippen LogP contribution is -2.21. The summed E-state index contributed by atoms with van der Waals surface area (Å²) in [6.07, 6.45) is 3.80. The van der Waals surface area contributed by atoms with Gasteiger partial charge in [0.2, 0.25) is 9.84 Å². The maximum absolute atomic E-state index is 12.1. The number of benzene rings is 1. The van der Waals surface area contributed by atoms with Crippen LogP contribution in [0.15, 0.2) is 28.0 Å². The second kappa shape index (κ2) is 3.58. The third kappa shape index (κ3) is 1.75. The summed E-state index contributed by atoms with van der Waals surface area (Å²) in [5.74, 6) is 0.0208. The minimum atomic E-state index is -3.40. The normalized spacial score (nSPS) is 21.1. The molecule has 5 heteroatoms. The molecule has 0 radical (unpaired) electrons. The van der Waals surface area contributed by atoms with E-state index in [0.717, 1.165) is 12.8 Å². The van der Waals surface area contributed by atoms with E-state index in [1.54, 1.807) is 12.1 Å². The van der Waals surface area contributed by atoms with E-state index in [1.807, 2.05) is 0 Å². The van der Waals surface area contributed by atoms with Gasteiger partial charge < -0.3 is 10.4 Å². The van der Waals surface area contributed by atoms with Gasteiger partial charge in [0.15, 0.2) is 0 Å². The van der Waals surface area contributed by atoms with Gasteiger partial charge in [0.1, 0.15) is 5.75 Å². The van der Waals surface area contributed by atoms with E-state index in [2.05, 4.69) is 5.32 Å². The number of fused-ring (bicyclic) bond motifs is 1. The smallest absolute Gasteiger partial charge is 0.204 e. The second-order valence-corrected chi connectivity index (χ2v) is 6.43. The predicted octanol–water partition coefficient (Wildman–Crippen LogP) is 1.27. The summed E-state index contributed by atoms with van der Waals surface area (Å²) in [5, 5.41) is 12.8. The molecule has 0 unspecified atom stereocenters. The molecule has 4 nitrogen and oxygen atoms in total. The van der Waals surface area contributed by atoms with Gasteiger partial charge in [-0.25, -0.2) is 8.42 Å². The largest absolute Gasteiger partial charge is 0.507 e. The maximum atomic E-state index is 12.1. The van der Waals surface area contributed by atoms with E-state index in [-0.39, 0.29) is 10.6 Å². The Balaban J connectivity index is 1.97. The SMILES string of the molecule is O=S1(=O)C(CNC2CC2)=Cc2c(O)cccc21. The van der Waals surface area contributed by atoms with E-state index in [4.69, 9.17) is 0 Å². The molecule has 0 amide bonds. The third-order valence-electron chi connectivity index (χ3n) is 3.13. The number of rotatable bonds is 3. The van der Waals surface area contributed by atoms with Crippen LogP contribution in [0.3, 0.4) is 0 Å². The van der Waals surface area contributed by atoms with Crippen molar-refractivity contribution in [2.24, 2.45) is 0 Å². The molecule has 17 heavy (non-hydrogen) atoms. The first-order valence-electron chi connectivity index (χ1n) is 5.60. The highest BCUT2D eigenvalue weighted by atomic mass is 32.2. The highest BCUT2D eigenvalue weighted by Crippen LogP contribution is 2.37. The Morgan fingerprint density at radius 3 is 2.76 bits per heavy atom. The fraction of sp³-hybridized carbons (Fsp3) is 0.333. The minimum absolute atomic E-state index is 0.0208. The molecule has 0 bridgehead atoms. The lowest BCUT2D eigenvalue weighted by atomic mass is 10.2. The molecule has 0 atom stereocenters. The number of sulfone groups is 1. The van der Waals surface area contributed by atoms with Gasteiger partial charge in [-0.1, -0.05) is 6.07 Å². The molecule has 1 fully saturated rings. The van der Waals surface area contributed by atoms with Gasteiger partial charge in [0, 0.05) is 18.2 Å². The Kier molecular flexibility index (Phi) is 2.27. The molecule has 1 aliphatic heterocycles. The van der Waals surface area contributed by atoms with E-state index < -0.39 is 9.84 Å². The number of phenols is 1. The van der Waals surface area contributed by atoms with Crippen LogP contribution in [0.25, 0.3) is 6.08 Å². The maximum Gasteiger partial charge on any atom is 0.204 e. The predicted molar refractivity (Wildman–Crippen MR) is 64.3 cm³/mol. The lowest BCUT2D eigenvalue weighted by Gasteiger charge is -2.04. The molecule has 1 aliphatic carbocycles. The van der Waals surface area contributed by atoms with Gasteiger partial charge in [0.25, 0.3) is 0 Å². The Morgan fingerprint density at radius 1 is 1.35 bits per heavy atom. The molecular weight excluding hydrogens is 238 g/mol. The van der Waals surface area contributed by atoms with Crippen LogP contribution in [0.1, 0.15) is 18.4 Å². The van der Waals surface area contributed by atoms with Crippen LogP contribution in [0.5, 0.6) is 5.75 Å². The third-order valence-corrected chi connectivity index (χ3v) is 5.01. The first-order chi connectivity index (χ1) is 8.09. The molecule has 0 saturated heterocycles. The topological polar surface area (TPSA) is 66.4 Å². The van der Waals surface area contributed by atoms with Crippen molar-refractivity contribution in [3.05, 3.63) is 28.7 Å². The van der Waals surface area contributed by atoms with Crippen molar-refractivity contribution in [3.63, 3.8) is 0 Å². The summed E-state index contributed by atoms with van der Waals surface area (Å²) in [6.45, 7) is 0.348. The molecule has 1 aromatic carbocycles. The number of hydrogen-bond acceptors (Lipinski definition) is 4. The summed E-state index contributed by atoms with van der Waals surface area (Å²) in [4.78, 5) is 0.561. The van der Waals surface area contributed by atoms with Crippen molar-refractivity contribution >= 4 is 15.9 Å². The van der Waals surface area contributed by atoms with Gasteiger partial charge >= 0.3 is 0 Å². The molecule has 90 valence electrons. The molecule has 0 aromatic heterocycles. The van der Waals surface area contributed by atoms with Crippen LogP contribution in [0.2, 0.25) is 0 Å². The molecule has 1 heterocycles. The standard InChI is InChI=1S/C12H13NO3S/c14-11-2-1-3-12-10(11)6-9(17(12,15)16)7-13-8-4-5-8/h1-3,6,8,13-14H,4-5,7H2. The Labute approximate surface area is 99.9 Å². The van der Waals surface area contributed by atoms with Crippen LogP contribution in [-0.2, 0) is 9.84 Å². The molecule has 3 rings (SSSR count). The Hall–Kier alpha value is -1.33. The van der Waals surface area contributed by atoms with Crippen molar-refractivity contribution in [1.29, 1.82) is 0 Å². The van der Waals surface area contributed by atoms with Crippen LogP contribution in [-0.4, -0.2) is 26.1 Å². The van der Waals surface area contributed by atoms with Gasteiger partial charge in [-0.05, 0) is 31.1 Å². The molecule has 0 spiro atoms. The molecule has 1 saturated carbocycles. The number of phenolic OH excluding ortho intramolecular Hbond substituents is 1. The quantitative estimate of drug-likeness (QED) is 0.849. The average molecular weight is 251 g/mol. The lowest BCUT2D eigenvalue weighted by molar-refractivity contribution is 0.472. The summed E-state index contributed by atoms with van der Waals surface area (Å²) in [7, 11) is -3.40. The Morgan fingerprint density at radius 2 is 2.12 bits per heavy atom. The van der Waals surface area contributed by atoms with Crippen LogP contribution in [0, 0.1) is 0 Å². The first-order valence-corrected chi connectivity index (χ1v) is 7.08. The van der Waals surface area contributed by atoms with Gasteiger partial charge in [-0.15, -0.1) is 0 Å². The van der Waals surface area contributed by atoms with E-state index >= 15 is 0 Å².